The average Bonchev–Trinajstić information content (AvgIpc) is 2.10. The number of halogens is 3. The number of hydrogen-bond acceptors (Lipinski definition) is 1. The van der Waals surface area contributed by atoms with Crippen molar-refractivity contribution in [3.8, 4) is 0 Å². The third kappa shape index (κ3) is 2.33. The first-order chi connectivity index (χ1) is 6.06. The lowest BCUT2D eigenvalue weighted by Crippen LogP contribution is -2.13. The molecular formula is C9H10Cl2FN. The summed E-state index contributed by atoms with van der Waals surface area (Å²) in [4.78, 5) is 0. The van der Waals surface area contributed by atoms with Gasteiger partial charge >= 0.3 is 0 Å². The minimum absolute atomic E-state index is 0.0132. The second-order valence-corrected chi connectivity index (χ2v) is 3.61. The Labute approximate surface area is 86.8 Å². The normalized spacial score (nSPS) is 13.0. The fraction of sp³-hybridized carbons (Fsp3) is 0.333. The highest BCUT2D eigenvalue weighted by Crippen LogP contribution is 2.28. The van der Waals surface area contributed by atoms with Gasteiger partial charge in [-0.2, -0.15) is 0 Å². The molecule has 1 rings (SSSR count). The van der Waals surface area contributed by atoms with Crippen molar-refractivity contribution in [1.82, 2.24) is 5.32 Å². The quantitative estimate of drug-likeness (QED) is 0.756. The van der Waals surface area contributed by atoms with Crippen LogP contribution in [0.1, 0.15) is 18.5 Å². The molecule has 1 atom stereocenters. The van der Waals surface area contributed by atoms with Crippen LogP contribution >= 0.6 is 23.2 Å². The summed E-state index contributed by atoms with van der Waals surface area (Å²) >= 11 is 11.4. The molecule has 1 nitrogen and oxygen atoms in total. The largest absolute Gasteiger partial charge is 0.313 e. The van der Waals surface area contributed by atoms with E-state index in [-0.39, 0.29) is 11.1 Å². The maximum Gasteiger partial charge on any atom is 0.142 e. The summed E-state index contributed by atoms with van der Waals surface area (Å²) in [5.74, 6) is -0.442. The molecule has 72 valence electrons. The van der Waals surface area contributed by atoms with E-state index in [1.807, 2.05) is 6.92 Å². The summed E-state index contributed by atoms with van der Waals surface area (Å²) in [5, 5.41) is 3.51. The summed E-state index contributed by atoms with van der Waals surface area (Å²) in [6.07, 6.45) is 0. The Hall–Kier alpha value is -0.310. The molecule has 1 unspecified atom stereocenters. The van der Waals surface area contributed by atoms with E-state index in [1.165, 1.54) is 12.1 Å². The van der Waals surface area contributed by atoms with Crippen molar-refractivity contribution in [1.29, 1.82) is 0 Å². The van der Waals surface area contributed by atoms with Crippen molar-refractivity contribution in [2.75, 3.05) is 7.05 Å². The molecule has 13 heavy (non-hydrogen) atoms. The van der Waals surface area contributed by atoms with Gasteiger partial charge in [0, 0.05) is 11.1 Å². The monoisotopic (exact) mass is 221 g/mol. The van der Waals surface area contributed by atoms with Crippen LogP contribution in [0, 0.1) is 5.82 Å². The summed E-state index contributed by atoms with van der Waals surface area (Å²) in [5.41, 5.74) is 0.714. The zero-order chi connectivity index (χ0) is 10.0. The third-order valence-electron chi connectivity index (χ3n) is 1.94. The summed E-state index contributed by atoms with van der Waals surface area (Å²) < 4.78 is 13.0. The molecule has 0 amide bonds. The Balaban J connectivity index is 3.15. The van der Waals surface area contributed by atoms with Crippen LogP contribution in [-0.2, 0) is 0 Å². The third-order valence-corrected chi connectivity index (χ3v) is 2.56. The van der Waals surface area contributed by atoms with Gasteiger partial charge in [-0.1, -0.05) is 23.2 Å². The number of rotatable bonds is 2. The van der Waals surface area contributed by atoms with Gasteiger partial charge in [-0.3, -0.25) is 0 Å². The Bertz CT molecular complexity index is 315. The predicted molar refractivity (Wildman–Crippen MR) is 53.9 cm³/mol. The van der Waals surface area contributed by atoms with E-state index in [1.54, 1.807) is 7.05 Å². The number of hydrogen-bond donors (Lipinski definition) is 1. The topological polar surface area (TPSA) is 12.0 Å². The van der Waals surface area contributed by atoms with Crippen LogP contribution in [0.4, 0.5) is 4.39 Å². The van der Waals surface area contributed by atoms with Gasteiger partial charge in [0.1, 0.15) is 5.82 Å². The molecule has 0 fully saturated rings. The van der Waals surface area contributed by atoms with Crippen LogP contribution in [0.25, 0.3) is 0 Å². The maximum absolute atomic E-state index is 13.0. The van der Waals surface area contributed by atoms with E-state index in [0.717, 1.165) is 0 Å². The zero-order valence-electron chi connectivity index (χ0n) is 7.37. The van der Waals surface area contributed by atoms with E-state index in [4.69, 9.17) is 23.2 Å². The minimum Gasteiger partial charge on any atom is -0.313 e. The van der Waals surface area contributed by atoms with Gasteiger partial charge in [0.2, 0.25) is 0 Å². The fourth-order valence-electron chi connectivity index (χ4n) is 1.03. The van der Waals surface area contributed by atoms with E-state index >= 15 is 0 Å². The molecule has 0 heterocycles. The molecule has 0 saturated heterocycles. The first-order valence-electron chi connectivity index (χ1n) is 3.88. The fourth-order valence-corrected chi connectivity index (χ4v) is 1.57. The smallest absolute Gasteiger partial charge is 0.142 e. The van der Waals surface area contributed by atoms with Crippen molar-refractivity contribution in [3.05, 3.63) is 33.6 Å². The Morgan fingerprint density at radius 2 is 1.92 bits per heavy atom. The first kappa shape index (κ1) is 10.8. The van der Waals surface area contributed by atoms with E-state index in [0.29, 0.717) is 10.6 Å². The van der Waals surface area contributed by atoms with Gasteiger partial charge in [-0.05, 0) is 31.7 Å². The van der Waals surface area contributed by atoms with Crippen LogP contribution < -0.4 is 5.32 Å². The summed E-state index contributed by atoms with van der Waals surface area (Å²) in [6, 6.07) is 2.78. The molecule has 0 saturated carbocycles. The molecule has 0 spiro atoms. The standard InChI is InChI=1S/C9H10Cl2FN/c1-5(13-2)6-3-9(12)8(11)4-7(6)10/h3-5,13H,1-2H3. The molecule has 4 heteroatoms. The van der Waals surface area contributed by atoms with Crippen LogP contribution in [0.3, 0.4) is 0 Å². The Kier molecular flexibility index (Phi) is 3.54. The second kappa shape index (κ2) is 4.27. The van der Waals surface area contributed by atoms with Crippen molar-refractivity contribution in [2.45, 2.75) is 13.0 Å². The predicted octanol–water partition coefficient (Wildman–Crippen LogP) is 3.41. The Morgan fingerprint density at radius 1 is 1.31 bits per heavy atom. The Morgan fingerprint density at radius 3 is 2.46 bits per heavy atom. The number of benzene rings is 1. The van der Waals surface area contributed by atoms with E-state index in [9.17, 15) is 4.39 Å². The van der Waals surface area contributed by atoms with Gasteiger partial charge in [-0.25, -0.2) is 4.39 Å². The van der Waals surface area contributed by atoms with Gasteiger partial charge in [0.25, 0.3) is 0 Å². The van der Waals surface area contributed by atoms with Gasteiger partial charge in [-0.15, -0.1) is 0 Å². The molecule has 0 aliphatic carbocycles. The van der Waals surface area contributed by atoms with Crippen molar-refractivity contribution >= 4 is 23.2 Å². The van der Waals surface area contributed by atoms with Crippen LogP contribution in [0.5, 0.6) is 0 Å². The van der Waals surface area contributed by atoms with E-state index in [2.05, 4.69) is 5.32 Å². The molecule has 0 aliphatic rings. The van der Waals surface area contributed by atoms with Gasteiger partial charge < -0.3 is 5.32 Å². The number of nitrogens with one attached hydrogen (secondary N) is 1. The second-order valence-electron chi connectivity index (χ2n) is 2.80. The van der Waals surface area contributed by atoms with Crippen molar-refractivity contribution < 1.29 is 4.39 Å². The highest BCUT2D eigenvalue weighted by molar-refractivity contribution is 6.35. The molecule has 1 aromatic rings. The zero-order valence-corrected chi connectivity index (χ0v) is 8.88. The minimum atomic E-state index is -0.442. The molecule has 0 radical (unpaired) electrons. The SMILES string of the molecule is CNC(C)c1cc(F)c(Cl)cc1Cl. The van der Waals surface area contributed by atoms with Crippen LogP contribution in [0.2, 0.25) is 10.0 Å². The summed E-state index contributed by atoms with van der Waals surface area (Å²) in [6.45, 7) is 1.90. The highest BCUT2D eigenvalue weighted by atomic mass is 35.5. The van der Waals surface area contributed by atoms with Gasteiger partial charge in [0.05, 0.1) is 5.02 Å². The first-order valence-corrected chi connectivity index (χ1v) is 4.63. The van der Waals surface area contributed by atoms with Crippen molar-refractivity contribution in [2.24, 2.45) is 0 Å². The lowest BCUT2D eigenvalue weighted by atomic mass is 10.1. The molecule has 1 aromatic carbocycles. The molecule has 1 N–H and O–H groups in total. The lowest BCUT2D eigenvalue weighted by Gasteiger charge is -2.12. The van der Waals surface area contributed by atoms with Crippen LogP contribution in [-0.4, -0.2) is 7.05 Å². The molecule has 0 aromatic heterocycles. The van der Waals surface area contributed by atoms with E-state index < -0.39 is 5.82 Å². The van der Waals surface area contributed by atoms with Crippen LogP contribution in [0.15, 0.2) is 12.1 Å². The average molecular weight is 222 g/mol. The lowest BCUT2D eigenvalue weighted by molar-refractivity contribution is 0.609. The molecule has 0 bridgehead atoms. The highest BCUT2D eigenvalue weighted by Gasteiger charge is 2.11. The van der Waals surface area contributed by atoms with Crippen molar-refractivity contribution in [3.63, 3.8) is 0 Å². The molecular weight excluding hydrogens is 212 g/mol. The summed E-state index contributed by atoms with van der Waals surface area (Å²) in [7, 11) is 1.79. The maximum atomic E-state index is 13.0. The molecule has 0 aliphatic heterocycles. The van der Waals surface area contributed by atoms with Gasteiger partial charge in [0.15, 0.2) is 0 Å².